The van der Waals surface area contributed by atoms with Gasteiger partial charge in [-0.2, -0.15) is 13.2 Å². The van der Waals surface area contributed by atoms with Crippen molar-refractivity contribution in [1.29, 1.82) is 0 Å². The SMILES string of the molecule is COCCN1C[C@@H](Cc2ccc(OC)c(C(F)(F)F)c2)CC1=O. The molecule has 0 aliphatic carbocycles. The van der Waals surface area contributed by atoms with Gasteiger partial charge in [-0.15, -0.1) is 0 Å². The van der Waals surface area contributed by atoms with E-state index < -0.39 is 11.7 Å². The number of nitrogens with zero attached hydrogens (tertiary/aromatic N) is 1. The van der Waals surface area contributed by atoms with E-state index in [9.17, 15) is 18.0 Å². The Kier molecular flexibility index (Phi) is 5.51. The number of amides is 1. The first-order valence-corrected chi connectivity index (χ1v) is 7.36. The molecule has 1 atom stereocenters. The van der Waals surface area contributed by atoms with Crippen LogP contribution in [0.4, 0.5) is 13.2 Å². The van der Waals surface area contributed by atoms with Gasteiger partial charge in [0, 0.05) is 26.6 Å². The molecule has 4 nitrogen and oxygen atoms in total. The Labute approximate surface area is 133 Å². The normalized spacial score (nSPS) is 18.6. The van der Waals surface area contributed by atoms with Crippen LogP contribution in [0.2, 0.25) is 0 Å². The summed E-state index contributed by atoms with van der Waals surface area (Å²) < 4.78 is 48.8. The highest BCUT2D eigenvalue weighted by Crippen LogP contribution is 2.37. The lowest BCUT2D eigenvalue weighted by Crippen LogP contribution is -2.28. The molecule has 0 N–H and O–H groups in total. The van der Waals surface area contributed by atoms with E-state index in [4.69, 9.17) is 9.47 Å². The summed E-state index contributed by atoms with van der Waals surface area (Å²) in [5.41, 5.74) is -0.220. The van der Waals surface area contributed by atoms with Crippen LogP contribution in [0.1, 0.15) is 17.5 Å². The third kappa shape index (κ3) is 4.37. The molecule has 1 aromatic rings. The lowest BCUT2D eigenvalue weighted by atomic mass is 9.97. The zero-order chi connectivity index (χ0) is 17.0. The van der Waals surface area contributed by atoms with Crippen LogP contribution in [-0.4, -0.2) is 44.7 Å². The van der Waals surface area contributed by atoms with Gasteiger partial charge in [0.25, 0.3) is 0 Å². The first-order chi connectivity index (χ1) is 10.8. The van der Waals surface area contributed by atoms with Crippen molar-refractivity contribution in [3.05, 3.63) is 29.3 Å². The molecule has 128 valence electrons. The first-order valence-electron chi connectivity index (χ1n) is 7.36. The standard InChI is InChI=1S/C16H20F3NO3/c1-22-6-5-20-10-12(9-15(20)21)7-11-3-4-14(23-2)13(8-11)16(17,18)19/h3-4,8,12H,5-7,9-10H2,1-2H3/t12-/m0/s1. The summed E-state index contributed by atoms with van der Waals surface area (Å²) in [6, 6.07) is 4.06. The summed E-state index contributed by atoms with van der Waals surface area (Å²) >= 11 is 0. The number of carbonyl (C=O) groups excluding carboxylic acids is 1. The van der Waals surface area contributed by atoms with Crippen LogP contribution in [0.25, 0.3) is 0 Å². The Morgan fingerprint density at radius 2 is 2.04 bits per heavy atom. The highest BCUT2D eigenvalue weighted by molar-refractivity contribution is 5.78. The third-order valence-corrected chi connectivity index (χ3v) is 3.95. The molecule has 7 heteroatoms. The maximum absolute atomic E-state index is 13.0. The number of benzene rings is 1. The number of halogens is 3. The Balaban J connectivity index is 2.08. The first kappa shape index (κ1) is 17.6. The van der Waals surface area contributed by atoms with Gasteiger partial charge in [-0.1, -0.05) is 6.07 Å². The van der Waals surface area contributed by atoms with Gasteiger partial charge in [0.2, 0.25) is 5.91 Å². The van der Waals surface area contributed by atoms with Crippen LogP contribution in [0.5, 0.6) is 5.75 Å². The number of methoxy groups -OCH3 is 2. The molecule has 0 radical (unpaired) electrons. The molecule has 0 bridgehead atoms. The molecule has 2 rings (SSSR count). The maximum Gasteiger partial charge on any atom is 0.419 e. The molecular weight excluding hydrogens is 311 g/mol. The Bertz CT molecular complexity index is 560. The molecular formula is C16H20F3NO3. The van der Waals surface area contributed by atoms with Crippen molar-refractivity contribution in [1.82, 2.24) is 4.90 Å². The summed E-state index contributed by atoms with van der Waals surface area (Å²) in [4.78, 5) is 13.6. The fourth-order valence-electron chi connectivity index (χ4n) is 2.85. The van der Waals surface area contributed by atoms with E-state index in [1.807, 2.05) is 0 Å². The quantitative estimate of drug-likeness (QED) is 0.805. The van der Waals surface area contributed by atoms with Crippen LogP contribution in [0.15, 0.2) is 18.2 Å². The molecule has 1 fully saturated rings. The molecule has 0 spiro atoms. The van der Waals surface area contributed by atoms with Crippen molar-refractivity contribution >= 4 is 5.91 Å². The van der Waals surface area contributed by atoms with E-state index in [2.05, 4.69) is 0 Å². The molecule has 0 saturated carbocycles. The van der Waals surface area contributed by atoms with Crippen molar-refractivity contribution in [3.8, 4) is 5.75 Å². The van der Waals surface area contributed by atoms with Crippen molar-refractivity contribution in [2.24, 2.45) is 5.92 Å². The van der Waals surface area contributed by atoms with Crippen molar-refractivity contribution < 1.29 is 27.4 Å². The summed E-state index contributed by atoms with van der Waals surface area (Å²) in [5, 5.41) is 0. The van der Waals surface area contributed by atoms with E-state index >= 15 is 0 Å². The Morgan fingerprint density at radius 3 is 2.65 bits per heavy atom. The summed E-state index contributed by atoms with van der Waals surface area (Å²) in [6.07, 6.45) is -3.67. The highest BCUT2D eigenvalue weighted by Gasteiger charge is 2.35. The minimum atomic E-state index is -4.46. The summed E-state index contributed by atoms with van der Waals surface area (Å²) in [5.74, 6) is -0.143. The lowest BCUT2D eigenvalue weighted by Gasteiger charge is -2.17. The molecule has 0 aromatic heterocycles. The van der Waals surface area contributed by atoms with Crippen LogP contribution in [0, 0.1) is 5.92 Å². The van der Waals surface area contributed by atoms with Crippen molar-refractivity contribution in [2.75, 3.05) is 33.9 Å². The molecule has 1 heterocycles. The highest BCUT2D eigenvalue weighted by atomic mass is 19.4. The monoisotopic (exact) mass is 331 g/mol. The number of ether oxygens (including phenoxy) is 2. The van der Waals surface area contributed by atoms with Gasteiger partial charge in [-0.25, -0.2) is 0 Å². The van der Waals surface area contributed by atoms with Crippen LogP contribution >= 0.6 is 0 Å². The van der Waals surface area contributed by atoms with E-state index in [-0.39, 0.29) is 17.6 Å². The smallest absolute Gasteiger partial charge is 0.419 e. The number of hydrogen-bond donors (Lipinski definition) is 0. The second-order valence-electron chi connectivity index (χ2n) is 5.64. The van der Waals surface area contributed by atoms with Gasteiger partial charge in [-0.3, -0.25) is 4.79 Å². The van der Waals surface area contributed by atoms with Crippen LogP contribution in [0.3, 0.4) is 0 Å². The number of alkyl halides is 3. The van der Waals surface area contributed by atoms with E-state index in [0.717, 1.165) is 6.07 Å². The number of rotatable bonds is 6. The van der Waals surface area contributed by atoms with E-state index in [0.29, 0.717) is 38.1 Å². The lowest BCUT2D eigenvalue weighted by molar-refractivity contribution is -0.138. The molecule has 1 aliphatic rings. The third-order valence-electron chi connectivity index (χ3n) is 3.95. The number of likely N-dealkylation sites (tertiary alicyclic amines) is 1. The average molecular weight is 331 g/mol. The fourth-order valence-corrected chi connectivity index (χ4v) is 2.85. The van der Waals surface area contributed by atoms with Crippen LogP contribution < -0.4 is 4.74 Å². The van der Waals surface area contributed by atoms with Crippen molar-refractivity contribution in [3.63, 3.8) is 0 Å². The average Bonchev–Trinajstić information content (AvgIpc) is 2.84. The molecule has 1 aliphatic heterocycles. The van der Waals surface area contributed by atoms with Gasteiger partial charge in [0.1, 0.15) is 5.75 Å². The van der Waals surface area contributed by atoms with Gasteiger partial charge in [0.15, 0.2) is 0 Å². The number of hydrogen-bond acceptors (Lipinski definition) is 3. The number of carbonyl (C=O) groups is 1. The zero-order valence-corrected chi connectivity index (χ0v) is 13.2. The van der Waals surface area contributed by atoms with Gasteiger partial charge in [0.05, 0.1) is 19.3 Å². The Morgan fingerprint density at radius 1 is 1.30 bits per heavy atom. The summed E-state index contributed by atoms with van der Waals surface area (Å²) in [7, 11) is 2.78. The molecule has 0 unspecified atom stereocenters. The Hall–Kier alpha value is -1.76. The zero-order valence-electron chi connectivity index (χ0n) is 13.2. The fraction of sp³-hybridized carbons (Fsp3) is 0.562. The minimum absolute atomic E-state index is 0.0221. The van der Waals surface area contributed by atoms with E-state index in [1.54, 1.807) is 18.1 Å². The van der Waals surface area contributed by atoms with Crippen molar-refractivity contribution in [2.45, 2.75) is 19.0 Å². The largest absolute Gasteiger partial charge is 0.496 e. The predicted molar refractivity (Wildman–Crippen MR) is 78.3 cm³/mol. The van der Waals surface area contributed by atoms with Gasteiger partial charge in [-0.05, 0) is 30.0 Å². The molecule has 1 saturated heterocycles. The second kappa shape index (κ2) is 7.21. The summed E-state index contributed by atoms with van der Waals surface area (Å²) in [6.45, 7) is 1.52. The maximum atomic E-state index is 13.0. The van der Waals surface area contributed by atoms with Crippen LogP contribution in [-0.2, 0) is 22.1 Å². The molecule has 1 amide bonds. The van der Waals surface area contributed by atoms with Gasteiger partial charge < -0.3 is 14.4 Å². The topological polar surface area (TPSA) is 38.8 Å². The van der Waals surface area contributed by atoms with E-state index in [1.165, 1.54) is 13.2 Å². The molecule has 23 heavy (non-hydrogen) atoms. The minimum Gasteiger partial charge on any atom is -0.496 e. The second-order valence-corrected chi connectivity index (χ2v) is 5.64. The molecule has 1 aromatic carbocycles. The van der Waals surface area contributed by atoms with Gasteiger partial charge >= 0.3 is 6.18 Å². The predicted octanol–water partition coefficient (Wildman–Crippen LogP) is 2.75.